The third-order valence-electron chi connectivity index (χ3n) is 6.13. The minimum atomic E-state index is -0.458. The molecule has 5 rings (SSSR count). The standard InChI is InChI=1S/C28H27N5O2/c1-18-11-13-21(14-12-18)16-35-23-9-6-8-22(15-23)26-25(20(3)31-28-29-17-30-33(26)28)27(34)32-24-10-5-4-7-19(24)2/h4-15,17,26H,16H2,1-3H3,(H,32,34)(H,29,30,31)/t26-/m1/s1. The smallest absolute Gasteiger partial charge is 0.255 e. The maximum Gasteiger partial charge on any atom is 0.255 e. The maximum absolute atomic E-state index is 13.6. The SMILES string of the molecule is CC1=C(C(=O)Nc2ccccc2C)[C@@H](c2cccc(OCc3ccc(C)cc3)c2)n2ncnc2N1. The molecule has 1 aliphatic rings. The number of anilines is 2. The normalized spacial score (nSPS) is 14.8. The number of rotatable bonds is 6. The summed E-state index contributed by atoms with van der Waals surface area (Å²) in [4.78, 5) is 17.9. The van der Waals surface area contributed by atoms with Crippen molar-refractivity contribution in [2.75, 3.05) is 10.6 Å². The highest BCUT2D eigenvalue weighted by molar-refractivity contribution is 6.06. The van der Waals surface area contributed by atoms with E-state index >= 15 is 0 Å². The molecule has 2 heterocycles. The van der Waals surface area contributed by atoms with E-state index in [0.29, 0.717) is 18.1 Å². The van der Waals surface area contributed by atoms with Gasteiger partial charge in [0.25, 0.3) is 5.91 Å². The quantitative estimate of drug-likeness (QED) is 0.398. The number of nitrogens with zero attached hydrogens (tertiary/aromatic N) is 3. The molecule has 0 saturated carbocycles. The van der Waals surface area contributed by atoms with Crippen molar-refractivity contribution in [2.45, 2.75) is 33.4 Å². The highest BCUT2D eigenvalue weighted by Crippen LogP contribution is 2.36. The average molecular weight is 466 g/mol. The first-order valence-corrected chi connectivity index (χ1v) is 11.5. The zero-order chi connectivity index (χ0) is 24.4. The average Bonchev–Trinajstić information content (AvgIpc) is 3.32. The van der Waals surface area contributed by atoms with Crippen molar-refractivity contribution in [3.63, 3.8) is 0 Å². The molecule has 0 aliphatic carbocycles. The fourth-order valence-electron chi connectivity index (χ4n) is 4.22. The molecule has 0 unspecified atom stereocenters. The second-order valence-corrected chi connectivity index (χ2v) is 8.71. The molecule has 1 atom stereocenters. The van der Waals surface area contributed by atoms with Gasteiger partial charge in [-0.05, 0) is 55.7 Å². The number of hydrogen-bond acceptors (Lipinski definition) is 5. The van der Waals surface area contributed by atoms with Gasteiger partial charge in [-0.2, -0.15) is 10.1 Å². The van der Waals surface area contributed by atoms with Crippen LogP contribution in [-0.4, -0.2) is 20.7 Å². The Kier molecular flexibility index (Phi) is 6.06. The van der Waals surface area contributed by atoms with E-state index in [-0.39, 0.29) is 5.91 Å². The molecule has 7 heteroatoms. The van der Waals surface area contributed by atoms with Crippen LogP contribution in [0, 0.1) is 13.8 Å². The summed E-state index contributed by atoms with van der Waals surface area (Å²) in [7, 11) is 0. The fraction of sp³-hybridized carbons (Fsp3) is 0.179. The predicted octanol–water partition coefficient (Wildman–Crippen LogP) is 5.40. The third kappa shape index (κ3) is 4.66. The molecule has 1 aliphatic heterocycles. The van der Waals surface area contributed by atoms with Gasteiger partial charge in [-0.25, -0.2) is 4.68 Å². The molecule has 176 valence electrons. The number of ether oxygens (including phenoxy) is 1. The van der Waals surface area contributed by atoms with E-state index in [1.54, 1.807) is 4.68 Å². The summed E-state index contributed by atoms with van der Waals surface area (Å²) in [6.07, 6.45) is 1.49. The van der Waals surface area contributed by atoms with Crippen molar-refractivity contribution in [3.05, 3.63) is 113 Å². The van der Waals surface area contributed by atoms with E-state index in [0.717, 1.165) is 33.8 Å². The minimum absolute atomic E-state index is 0.193. The minimum Gasteiger partial charge on any atom is -0.489 e. The van der Waals surface area contributed by atoms with Gasteiger partial charge in [-0.15, -0.1) is 0 Å². The molecular formula is C28H27N5O2. The van der Waals surface area contributed by atoms with Crippen LogP contribution in [0.2, 0.25) is 0 Å². The summed E-state index contributed by atoms with van der Waals surface area (Å²) in [5.41, 5.74) is 6.26. The van der Waals surface area contributed by atoms with Crippen LogP contribution < -0.4 is 15.4 Å². The summed E-state index contributed by atoms with van der Waals surface area (Å²) in [5.74, 6) is 1.12. The maximum atomic E-state index is 13.6. The third-order valence-corrected chi connectivity index (χ3v) is 6.13. The van der Waals surface area contributed by atoms with Gasteiger partial charge in [0.1, 0.15) is 24.7 Å². The number of aromatic nitrogens is 3. The Hall–Kier alpha value is -4.39. The van der Waals surface area contributed by atoms with E-state index in [4.69, 9.17) is 4.74 Å². The van der Waals surface area contributed by atoms with Crippen LogP contribution in [-0.2, 0) is 11.4 Å². The molecule has 4 aromatic rings. The molecule has 0 radical (unpaired) electrons. The molecule has 35 heavy (non-hydrogen) atoms. The lowest BCUT2D eigenvalue weighted by Gasteiger charge is -2.29. The Balaban J connectivity index is 1.46. The van der Waals surface area contributed by atoms with Gasteiger partial charge in [-0.1, -0.05) is 60.2 Å². The van der Waals surface area contributed by atoms with Crippen molar-refractivity contribution in [1.82, 2.24) is 14.8 Å². The molecular weight excluding hydrogens is 438 g/mol. The summed E-state index contributed by atoms with van der Waals surface area (Å²) >= 11 is 0. The van der Waals surface area contributed by atoms with E-state index in [1.807, 2.05) is 62.4 Å². The Morgan fingerprint density at radius 2 is 1.83 bits per heavy atom. The van der Waals surface area contributed by atoms with Crippen LogP contribution in [0.5, 0.6) is 5.75 Å². The van der Waals surface area contributed by atoms with Crippen LogP contribution in [0.25, 0.3) is 0 Å². The van der Waals surface area contributed by atoms with Crippen molar-refractivity contribution in [2.24, 2.45) is 0 Å². The number of carbonyl (C=O) groups is 1. The fourth-order valence-corrected chi connectivity index (χ4v) is 4.22. The Morgan fingerprint density at radius 3 is 2.63 bits per heavy atom. The second-order valence-electron chi connectivity index (χ2n) is 8.71. The molecule has 7 nitrogen and oxygen atoms in total. The number of benzene rings is 3. The van der Waals surface area contributed by atoms with Crippen molar-refractivity contribution >= 4 is 17.5 Å². The summed E-state index contributed by atoms with van der Waals surface area (Å²) in [6, 6.07) is 23.3. The Labute approximate surface area is 204 Å². The van der Waals surface area contributed by atoms with E-state index in [1.165, 1.54) is 11.9 Å². The number of aryl methyl sites for hydroxylation is 2. The van der Waals surface area contributed by atoms with Crippen molar-refractivity contribution in [1.29, 1.82) is 0 Å². The number of nitrogens with one attached hydrogen (secondary N) is 2. The lowest BCUT2D eigenvalue weighted by atomic mass is 9.94. The van der Waals surface area contributed by atoms with Gasteiger partial charge >= 0.3 is 0 Å². The van der Waals surface area contributed by atoms with Crippen LogP contribution in [0.3, 0.4) is 0 Å². The van der Waals surface area contributed by atoms with Crippen molar-refractivity contribution < 1.29 is 9.53 Å². The molecule has 3 aromatic carbocycles. The number of fused-ring (bicyclic) bond motifs is 1. The second kappa shape index (κ2) is 9.46. The first-order valence-electron chi connectivity index (χ1n) is 11.5. The van der Waals surface area contributed by atoms with Gasteiger partial charge in [0.15, 0.2) is 0 Å². The number of allylic oxidation sites excluding steroid dienone is 1. The monoisotopic (exact) mass is 465 g/mol. The van der Waals surface area contributed by atoms with E-state index in [2.05, 4.69) is 51.9 Å². The Bertz CT molecular complexity index is 1400. The summed E-state index contributed by atoms with van der Waals surface area (Å²) in [5, 5.41) is 10.7. The molecule has 0 saturated heterocycles. The predicted molar refractivity (Wildman–Crippen MR) is 136 cm³/mol. The van der Waals surface area contributed by atoms with Gasteiger partial charge in [0.05, 0.1) is 5.57 Å². The topological polar surface area (TPSA) is 81.1 Å². The first kappa shape index (κ1) is 22.4. The lowest BCUT2D eigenvalue weighted by Crippen LogP contribution is -2.31. The van der Waals surface area contributed by atoms with Crippen molar-refractivity contribution in [3.8, 4) is 5.75 Å². The zero-order valence-corrected chi connectivity index (χ0v) is 19.9. The number of para-hydroxylation sites is 1. The molecule has 0 fully saturated rings. The Morgan fingerprint density at radius 1 is 1.03 bits per heavy atom. The molecule has 0 bridgehead atoms. The molecule has 2 N–H and O–H groups in total. The van der Waals surface area contributed by atoms with Gasteiger partial charge in [0, 0.05) is 11.4 Å². The van der Waals surface area contributed by atoms with Gasteiger partial charge in [-0.3, -0.25) is 4.79 Å². The number of amides is 1. The van der Waals surface area contributed by atoms with Crippen LogP contribution in [0.15, 0.2) is 90.4 Å². The summed E-state index contributed by atoms with van der Waals surface area (Å²) in [6.45, 7) is 6.38. The lowest BCUT2D eigenvalue weighted by molar-refractivity contribution is -0.113. The van der Waals surface area contributed by atoms with Gasteiger partial charge < -0.3 is 15.4 Å². The zero-order valence-electron chi connectivity index (χ0n) is 19.9. The van der Waals surface area contributed by atoms with Crippen LogP contribution in [0.1, 0.15) is 35.2 Å². The highest BCUT2D eigenvalue weighted by Gasteiger charge is 2.33. The van der Waals surface area contributed by atoms with Crippen LogP contribution >= 0.6 is 0 Å². The molecule has 0 spiro atoms. The number of hydrogen-bond donors (Lipinski definition) is 2. The van der Waals surface area contributed by atoms with Crippen LogP contribution in [0.4, 0.5) is 11.6 Å². The molecule has 1 amide bonds. The largest absolute Gasteiger partial charge is 0.489 e. The summed E-state index contributed by atoms with van der Waals surface area (Å²) < 4.78 is 7.82. The first-order chi connectivity index (χ1) is 17.0. The van der Waals surface area contributed by atoms with Gasteiger partial charge in [0.2, 0.25) is 5.95 Å². The van der Waals surface area contributed by atoms with E-state index < -0.39 is 6.04 Å². The number of carbonyl (C=O) groups excluding carboxylic acids is 1. The van der Waals surface area contributed by atoms with E-state index in [9.17, 15) is 4.79 Å². The molecule has 1 aromatic heterocycles. The highest BCUT2D eigenvalue weighted by atomic mass is 16.5.